The average Bonchev–Trinajstić information content (AvgIpc) is 3.45. The monoisotopic (exact) mass is 443 g/mol. The van der Waals surface area contributed by atoms with Crippen LogP contribution in [0.5, 0.6) is 5.75 Å². The molecule has 0 spiro atoms. The lowest BCUT2D eigenvalue weighted by molar-refractivity contribution is -0.118. The number of thiophene rings is 1. The molecule has 0 fully saturated rings. The Morgan fingerprint density at radius 2 is 1.97 bits per heavy atom. The van der Waals surface area contributed by atoms with E-state index in [4.69, 9.17) is 4.74 Å². The van der Waals surface area contributed by atoms with Crippen LogP contribution < -0.4 is 14.4 Å². The molecule has 0 aliphatic carbocycles. The van der Waals surface area contributed by atoms with E-state index in [1.807, 2.05) is 0 Å². The van der Waals surface area contributed by atoms with Gasteiger partial charge in [-0.3, -0.25) is 9.10 Å². The van der Waals surface area contributed by atoms with E-state index in [0.717, 1.165) is 11.3 Å². The minimum Gasteiger partial charge on any atom is -0.484 e. The quantitative estimate of drug-likeness (QED) is 0.471. The maximum Gasteiger partial charge on any atom is 0.273 e. The van der Waals surface area contributed by atoms with Gasteiger partial charge in [-0.2, -0.15) is 9.61 Å². The van der Waals surface area contributed by atoms with Crippen LogP contribution in [0.1, 0.15) is 0 Å². The molecule has 1 N–H and O–H groups in total. The third-order valence-electron chi connectivity index (χ3n) is 4.24. The maximum absolute atomic E-state index is 12.6. The van der Waals surface area contributed by atoms with Crippen LogP contribution in [0.25, 0.3) is 5.65 Å². The predicted octanol–water partition coefficient (Wildman–Crippen LogP) is 2.63. The molecule has 11 heteroatoms. The van der Waals surface area contributed by atoms with E-state index in [1.54, 1.807) is 66.3 Å². The number of fused-ring (bicyclic) bond motifs is 1. The van der Waals surface area contributed by atoms with Gasteiger partial charge >= 0.3 is 0 Å². The summed E-state index contributed by atoms with van der Waals surface area (Å²) in [6, 6.07) is 13.1. The standard InChI is InChI=1S/C19H17N5O4S2/c1-23(30(26,27)19-3-2-12-29-19)14-4-6-15(7-5-14)28-13-18(25)22-17-8-10-20-16-9-11-21-24(16)17/h2-12H,13H2,1H3,(H,22,25). The largest absolute Gasteiger partial charge is 0.484 e. The fourth-order valence-electron chi connectivity index (χ4n) is 2.69. The van der Waals surface area contributed by atoms with Crippen LogP contribution in [0.15, 0.2) is 70.5 Å². The first-order valence-corrected chi connectivity index (χ1v) is 11.1. The number of hydrogen-bond donors (Lipinski definition) is 1. The molecular formula is C19H17N5O4S2. The van der Waals surface area contributed by atoms with Crippen molar-refractivity contribution in [2.45, 2.75) is 4.21 Å². The smallest absolute Gasteiger partial charge is 0.273 e. The highest BCUT2D eigenvalue weighted by molar-refractivity contribution is 7.94. The first-order chi connectivity index (χ1) is 14.4. The van der Waals surface area contributed by atoms with Crippen molar-refractivity contribution in [3.05, 3.63) is 66.3 Å². The number of ether oxygens (including phenoxy) is 1. The number of anilines is 2. The zero-order valence-corrected chi connectivity index (χ0v) is 17.4. The molecule has 0 atom stereocenters. The Hall–Kier alpha value is -3.44. The summed E-state index contributed by atoms with van der Waals surface area (Å²) in [7, 11) is -2.11. The Balaban J connectivity index is 1.38. The predicted molar refractivity (Wildman–Crippen MR) is 113 cm³/mol. The lowest BCUT2D eigenvalue weighted by Crippen LogP contribution is -2.25. The molecule has 0 saturated carbocycles. The van der Waals surface area contributed by atoms with Gasteiger partial charge in [0.25, 0.3) is 15.9 Å². The highest BCUT2D eigenvalue weighted by Gasteiger charge is 2.22. The molecular weight excluding hydrogens is 426 g/mol. The fraction of sp³-hybridized carbons (Fsp3) is 0.105. The molecule has 0 aliphatic heterocycles. The van der Waals surface area contributed by atoms with Crippen molar-refractivity contribution in [3.8, 4) is 5.75 Å². The van der Waals surface area contributed by atoms with Crippen LogP contribution >= 0.6 is 11.3 Å². The molecule has 0 bridgehead atoms. The Kier molecular flexibility index (Phi) is 5.38. The van der Waals surface area contributed by atoms with Crippen LogP contribution in [0.3, 0.4) is 0 Å². The van der Waals surface area contributed by atoms with Crippen molar-refractivity contribution in [2.75, 3.05) is 23.3 Å². The molecule has 154 valence electrons. The molecule has 0 unspecified atom stereocenters. The van der Waals surface area contributed by atoms with E-state index in [9.17, 15) is 13.2 Å². The Morgan fingerprint density at radius 1 is 1.17 bits per heavy atom. The minimum atomic E-state index is -3.60. The van der Waals surface area contributed by atoms with Crippen LogP contribution in [-0.2, 0) is 14.8 Å². The van der Waals surface area contributed by atoms with Gasteiger partial charge in [-0.15, -0.1) is 11.3 Å². The van der Waals surface area contributed by atoms with Crippen molar-refractivity contribution in [1.82, 2.24) is 14.6 Å². The second-order valence-electron chi connectivity index (χ2n) is 6.17. The number of carbonyl (C=O) groups is 1. The number of nitrogens with one attached hydrogen (secondary N) is 1. The van der Waals surface area contributed by atoms with Gasteiger partial charge in [-0.05, 0) is 41.8 Å². The number of sulfonamides is 1. The summed E-state index contributed by atoms with van der Waals surface area (Å²) in [6.45, 7) is -0.215. The number of aromatic nitrogens is 3. The second-order valence-corrected chi connectivity index (χ2v) is 9.31. The fourth-order valence-corrected chi connectivity index (χ4v) is 5.05. The Morgan fingerprint density at radius 3 is 2.70 bits per heavy atom. The van der Waals surface area contributed by atoms with E-state index in [2.05, 4.69) is 15.4 Å². The summed E-state index contributed by atoms with van der Waals surface area (Å²) in [5, 5.41) is 8.53. The van der Waals surface area contributed by atoms with Gasteiger partial charge in [0.2, 0.25) is 0 Å². The number of hydrogen-bond acceptors (Lipinski definition) is 7. The van der Waals surface area contributed by atoms with Gasteiger partial charge in [-0.25, -0.2) is 13.4 Å². The van der Waals surface area contributed by atoms with Crippen molar-refractivity contribution >= 4 is 44.4 Å². The lowest BCUT2D eigenvalue weighted by Gasteiger charge is -2.18. The first kappa shape index (κ1) is 19.9. The molecule has 3 heterocycles. The summed E-state index contributed by atoms with van der Waals surface area (Å²) in [6.07, 6.45) is 3.17. The van der Waals surface area contributed by atoms with E-state index in [-0.39, 0.29) is 16.7 Å². The second kappa shape index (κ2) is 8.13. The molecule has 4 aromatic rings. The van der Waals surface area contributed by atoms with Gasteiger partial charge in [0.1, 0.15) is 15.8 Å². The molecule has 0 radical (unpaired) electrons. The van der Waals surface area contributed by atoms with Crippen LogP contribution in [-0.4, -0.2) is 42.6 Å². The lowest BCUT2D eigenvalue weighted by atomic mass is 10.3. The number of nitrogens with zero attached hydrogens (tertiary/aromatic N) is 4. The number of amides is 1. The van der Waals surface area contributed by atoms with Gasteiger partial charge in [-0.1, -0.05) is 6.07 Å². The van der Waals surface area contributed by atoms with Crippen LogP contribution in [0, 0.1) is 0 Å². The van der Waals surface area contributed by atoms with Gasteiger partial charge in [0, 0.05) is 19.3 Å². The molecule has 0 saturated heterocycles. The van der Waals surface area contributed by atoms with Crippen molar-refractivity contribution in [3.63, 3.8) is 0 Å². The molecule has 0 aliphatic rings. The Bertz CT molecular complexity index is 1270. The Labute approximate surface area is 176 Å². The number of rotatable bonds is 7. The van der Waals surface area contributed by atoms with Crippen LogP contribution in [0.4, 0.5) is 11.5 Å². The van der Waals surface area contributed by atoms with Crippen molar-refractivity contribution < 1.29 is 17.9 Å². The molecule has 1 aromatic carbocycles. The zero-order chi connectivity index (χ0) is 21.1. The SMILES string of the molecule is CN(c1ccc(OCC(=O)Nc2ccnc3ccnn23)cc1)S(=O)(=O)c1cccs1. The third kappa shape index (κ3) is 3.98. The summed E-state index contributed by atoms with van der Waals surface area (Å²) in [4.78, 5) is 16.3. The van der Waals surface area contributed by atoms with E-state index in [0.29, 0.717) is 22.9 Å². The van der Waals surface area contributed by atoms with Gasteiger partial charge < -0.3 is 10.1 Å². The highest BCUT2D eigenvalue weighted by Crippen LogP contribution is 2.26. The number of benzene rings is 1. The van der Waals surface area contributed by atoms with Gasteiger partial charge in [0.15, 0.2) is 12.3 Å². The molecule has 9 nitrogen and oxygen atoms in total. The van der Waals surface area contributed by atoms with E-state index in [1.165, 1.54) is 15.9 Å². The average molecular weight is 444 g/mol. The van der Waals surface area contributed by atoms with Crippen molar-refractivity contribution in [2.24, 2.45) is 0 Å². The van der Waals surface area contributed by atoms with Crippen molar-refractivity contribution in [1.29, 1.82) is 0 Å². The molecule has 4 rings (SSSR count). The highest BCUT2D eigenvalue weighted by atomic mass is 32.2. The number of carbonyl (C=O) groups excluding carboxylic acids is 1. The minimum absolute atomic E-state index is 0.215. The van der Waals surface area contributed by atoms with Crippen LogP contribution in [0.2, 0.25) is 0 Å². The van der Waals surface area contributed by atoms with E-state index < -0.39 is 10.0 Å². The maximum atomic E-state index is 12.6. The van der Waals surface area contributed by atoms with Gasteiger partial charge in [0.05, 0.1) is 11.9 Å². The molecule has 3 aromatic heterocycles. The summed E-state index contributed by atoms with van der Waals surface area (Å²) < 4.78 is 33.6. The molecule has 30 heavy (non-hydrogen) atoms. The zero-order valence-electron chi connectivity index (χ0n) is 15.8. The first-order valence-electron chi connectivity index (χ1n) is 8.79. The topological polar surface area (TPSA) is 106 Å². The summed E-state index contributed by atoms with van der Waals surface area (Å²) in [5.41, 5.74) is 1.10. The van der Waals surface area contributed by atoms with E-state index >= 15 is 0 Å². The normalized spacial score (nSPS) is 11.4. The third-order valence-corrected chi connectivity index (χ3v) is 7.40. The molecule has 1 amide bonds. The summed E-state index contributed by atoms with van der Waals surface area (Å²) in [5.74, 6) is 0.559. The summed E-state index contributed by atoms with van der Waals surface area (Å²) >= 11 is 1.16.